The highest BCUT2D eigenvalue weighted by Gasteiger charge is 2.30. The lowest BCUT2D eigenvalue weighted by atomic mass is 10.1. The van der Waals surface area contributed by atoms with Gasteiger partial charge in [-0.25, -0.2) is 4.79 Å². The van der Waals surface area contributed by atoms with Crippen molar-refractivity contribution in [3.05, 3.63) is 0 Å². The number of hydrogen-bond donors (Lipinski definition) is 10. The number of thioether (sulfide) groups is 1. The normalized spacial score (nSPS) is 13.6. The van der Waals surface area contributed by atoms with Gasteiger partial charge in [0.1, 0.15) is 18.1 Å². The molecule has 0 aliphatic carbocycles. The maximum atomic E-state index is 13.2. The molecular weight excluding hydrogens is 536 g/mol. The Balaban J connectivity index is 5.75. The summed E-state index contributed by atoms with van der Waals surface area (Å²) < 4.78 is 0. The lowest BCUT2D eigenvalue weighted by Gasteiger charge is -2.25. The van der Waals surface area contributed by atoms with Gasteiger partial charge in [-0.1, -0.05) is 0 Å². The van der Waals surface area contributed by atoms with E-state index in [1.807, 2.05) is 0 Å². The van der Waals surface area contributed by atoms with E-state index in [1.54, 1.807) is 6.26 Å². The standard InChI is InChI=1S/C21H40N10O7S/c1-39-9-6-14(19(37)38)31-18(36)13(5-3-8-28-21(25)26)30-17(35)12(4-2-7-27-20(23)24)29-16(34)11(22)10-15(32)33/h11-14H,2-10,22H2,1H3,(H,29,34)(H,30,35)(H,31,36)(H,32,33)(H,37,38)(H4,23,24,27)(H4,25,26,28). The maximum absolute atomic E-state index is 13.2. The van der Waals surface area contributed by atoms with Crippen LogP contribution in [0.2, 0.25) is 0 Å². The second-order valence-electron chi connectivity index (χ2n) is 8.41. The Labute approximate surface area is 230 Å². The van der Waals surface area contributed by atoms with Gasteiger partial charge in [-0.3, -0.25) is 29.2 Å². The zero-order chi connectivity index (χ0) is 30.0. The van der Waals surface area contributed by atoms with Crippen LogP contribution in [0.3, 0.4) is 0 Å². The molecule has 17 nitrogen and oxygen atoms in total. The van der Waals surface area contributed by atoms with Crippen molar-refractivity contribution in [1.29, 1.82) is 0 Å². The second-order valence-corrected chi connectivity index (χ2v) is 9.39. The molecule has 0 aromatic rings. The molecule has 0 saturated heterocycles. The zero-order valence-corrected chi connectivity index (χ0v) is 22.6. The molecule has 4 atom stereocenters. The van der Waals surface area contributed by atoms with Crippen LogP contribution in [0.1, 0.15) is 38.5 Å². The molecule has 0 heterocycles. The number of carbonyl (C=O) groups is 5. The van der Waals surface area contributed by atoms with Crippen LogP contribution in [0.4, 0.5) is 0 Å². The van der Waals surface area contributed by atoms with E-state index in [2.05, 4.69) is 25.9 Å². The van der Waals surface area contributed by atoms with Crippen LogP contribution in [0.15, 0.2) is 9.98 Å². The molecule has 0 aromatic heterocycles. The SMILES string of the molecule is CSCCC(NC(=O)C(CCCN=C(N)N)NC(=O)C(CCCN=C(N)N)NC(=O)C(N)CC(=O)O)C(=O)O. The average Bonchev–Trinajstić information content (AvgIpc) is 2.83. The number of guanidine groups is 2. The number of nitrogens with zero attached hydrogens (tertiary/aromatic N) is 2. The fraction of sp³-hybridized carbons (Fsp3) is 0.667. The van der Waals surface area contributed by atoms with Crippen molar-refractivity contribution in [2.24, 2.45) is 38.7 Å². The van der Waals surface area contributed by atoms with Crippen LogP contribution in [0.25, 0.3) is 0 Å². The fourth-order valence-corrected chi connectivity index (χ4v) is 3.61. The monoisotopic (exact) mass is 576 g/mol. The highest BCUT2D eigenvalue weighted by atomic mass is 32.2. The maximum Gasteiger partial charge on any atom is 0.326 e. The molecule has 0 aliphatic rings. The highest BCUT2D eigenvalue weighted by Crippen LogP contribution is 2.07. The Morgan fingerprint density at radius 1 is 0.744 bits per heavy atom. The summed E-state index contributed by atoms with van der Waals surface area (Å²) >= 11 is 1.40. The molecule has 0 aromatic carbocycles. The van der Waals surface area contributed by atoms with Crippen LogP contribution in [0, 0.1) is 0 Å². The summed E-state index contributed by atoms with van der Waals surface area (Å²) in [7, 11) is 0. The number of aliphatic carboxylic acids is 2. The predicted molar refractivity (Wildman–Crippen MR) is 146 cm³/mol. The topological polar surface area (TPSA) is 317 Å². The van der Waals surface area contributed by atoms with Crippen LogP contribution in [0.5, 0.6) is 0 Å². The molecule has 0 radical (unpaired) electrons. The lowest BCUT2D eigenvalue weighted by molar-refractivity contribution is -0.142. The number of amides is 3. The van der Waals surface area contributed by atoms with E-state index in [0.717, 1.165) is 0 Å². The average molecular weight is 577 g/mol. The van der Waals surface area contributed by atoms with Crippen LogP contribution in [-0.2, 0) is 24.0 Å². The summed E-state index contributed by atoms with van der Waals surface area (Å²) in [4.78, 5) is 68.7. The molecule has 39 heavy (non-hydrogen) atoms. The van der Waals surface area contributed by atoms with E-state index < -0.39 is 60.2 Å². The van der Waals surface area contributed by atoms with Gasteiger partial charge in [0.25, 0.3) is 0 Å². The first kappa shape index (κ1) is 35.2. The third-order valence-electron chi connectivity index (χ3n) is 5.11. The van der Waals surface area contributed by atoms with E-state index in [-0.39, 0.29) is 57.1 Å². The molecule has 0 aliphatic heterocycles. The fourth-order valence-electron chi connectivity index (χ4n) is 3.14. The van der Waals surface area contributed by atoms with Gasteiger partial charge in [0.15, 0.2) is 11.9 Å². The van der Waals surface area contributed by atoms with Crippen LogP contribution in [-0.4, -0.2) is 101 Å². The van der Waals surface area contributed by atoms with Crippen molar-refractivity contribution in [3.63, 3.8) is 0 Å². The second kappa shape index (κ2) is 19.3. The molecule has 0 rings (SSSR count). The predicted octanol–water partition coefficient (Wildman–Crippen LogP) is -3.81. The molecule has 15 N–H and O–H groups in total. The number of nitrogens with one attached hydrogen (secondary N) is 3. The number of carboxylic acid groups (broad SMARTS) is 2. The van der Waals surface area contributed by atoms with Gasteiger partial charge in [-0.05, 0) is 44.1 Å². The third-order valence-corrected chi connectivity index (χ3v) is 5.76. The Kier molecular flexibility index (Phi) is 17.4. The van der Waals surface area contributed by atoms with E-state index in [9.17, 15) is 29.1 Å². The van der Waals surface area contributed by atoms with Gasteiger partial charge in [0.05, 0.1) is 12.5 Å². The van der Waals surface area contributed by atoms with Crippen molar-refractivity contribution in [3.8, 4) is 0 Å². The molecule has 3 amide bonds. The number of carboxylic acids is 2. The zero-order valence-electron chi connectivity index (χ0n) is 21.8. The lowest BCUT2D eigenvalue weighted by Crippen LogP contribution is -2.57. The Morgan fingerprint density at radius 3 is 1.56 bits per heavy atom. The first-order valence-electron chi connectivity index (χ1n) is 12.0. The molecule has 18 heteroatoms. The quantitative estimate of drug-likeness (QED) is 0.0378. The minimum Gasteiger partial charge on any atom is -0.481 e. The van der Waals surface area contributed by atoms with Gasteiger partial charge in [-0.15, -0.1) is 0 Å². The van der Waals surface area contributed by atoms with Crippen molar-refractivity contribution < 1.29 is 34.2 Å². The summed E-state index contributed by atoms with van der Waals surface area (Å²) in [6.07, 6.45) is 1.82. The van der Waals surface area contributed by atoms with E-state index in [4.69, 9.17) is 33.8 Å². The summed E-state index contributed by atoms with van der Waals surface area (Å²) in [5, 5.41) is 25.7. The summed E-state index contributed by atoms with van der Waals surface area (Å²) in [5.41, 5.74) is 26.8. The van der Waals surface area contributed by atoms with Gasteiger partial charge >= 0.3 is 11.9 Å². The van der Waals surface area contributed by atoms with E-state index in [0.29, 0.717) is 5.75 Å². The molecule has 222 valence electrons. The summed E-state index contributed by atoms with van der Waals surface area (Å²) in [6.45, 7) is 0.265. The number of aliphatic imine (C=N–C) groups is 2. The third kappa shape index (κ3) is 16.6. The molecule has 0 fully saturated rings. The van der Waals surface area contributed by atoms with Gasteiger partial charge in [-0.2, -0.15) is 11.8 Å². The van der Waals surface area contributed by atoms with Gasteiger partial charge < -0.3 is 54.8 Å². The van der Waals surface area contributed by atoms with Crippen molar-refractivity contribution in [1.82, 2.24) is 16.0 Å². The first-order chi connectivity index (χ1) is 18.3. The Bertz CT molecular complexity index is 894. The molecule has 4 unspecified atom stereocenters. The summed E-state index contributed by atoms with van der Waals surface area (Å²) in [5.74, 6) is -4.84. The Hall–Kier alpha value is -3.80. The highest BCUT2D eigenvalue weighted by molar-refractivity contribution is 7.98. The van der Waals surface area contributed by atoms with E-state index >= 15 is 0 Å². The molecule has 0 bridgehead atoms. The van der Waals surface area contributed by atoms with Crippen molar-refractivity contribution in [2.75, 3.05) is 25.1 Å². The van der Waals surface area contributed by atoms with Crippen LogP contribution < -0.4 is 44.6 Å². The van der Waals surface area contributed by atoms with Gasteiger partial charge in [0.2, 0.25) is 17.7 Å². The Morgan fingerprint density at radius 2 is 1.18 bits per heavy atom. The number of nitrogens with two attached hydrogens (primary N) is 5. The van der Waals surface area contributed by atoms with Crippen molar-refractivity contribution >= 4 is 53.3 Å². The largest absolute Gasteiger partial charge is 0.481 e. The number of carbonyl (C=O) groups excluding carboxylic acids is 3. The number of rotatable bonds is 20. The number of hydrogen-bond acceptors (Lipinski definition) is 9. The molecular formula is C21H40N10O7S. The summed E-state index contributed by atoms with van der Waals surface area (Å²) in [6, 6.07) is -5.05. The minimum atomic E-state index is -1.43. The first-order valence-corrected chi connectivity index (χ1v) is 13.4. The van der Waals surface area contributed by atoms with Crippen LogP contribution >= 0.6 is 11.8 Å². The van der Waals surface area contributed by atoms with Crippen molar-refractivity contribution in [2.45, 2.75) is 62.7 Å². The van der Waals surface area contributed by atoms with Gasteiger partial charge in [0, 0.05) is 13.1 Å². The molecule has 0 spiro atoms. The molecule has 0 saturated carbocycles. The minimum absolute atomic E-state index is 0.0158. The van der Waals surface area contributed by atoms with E-state index in [1.165, 1.54) is 11.8 Å². The smallest absolute Gasteiger partial charge is 0.326 e.